The molecule has 2 N–H and O–H groups in total. The number of ether oxygens (including phenoxy) is 2. The van der Waals surface area contributed by atoms with Gasteiger partial charge in [0, 0.05) is 17.8 Å². The van der Waals surface area contributed by atoms with Crippen LogP contribution in [-0.2, 0) is 11.4 Å². The summed E-state index contributed by atoms with van der Waals surface area (Å²) in [6, 6.07) is 5.54. The van der Waals surface area contributed by atoms with Crippen molar-refractivity contribution < 1.29 is 19.4 Å². The number of aliphatic hydroxyl groups excluding tert-OH is 1. The number of anilines is 1. The summed E-state index contributed by atoms with van der Waals surface area (Å²) in [7, 11) is 3.11. The Labute approximate surface area is 155 Å². The maximum absolute atomic E-state index is 12.5. The van der Waals surface area contributed by atoms with Gasteiger partial charge in [0.15, 0.2) is 22.5 Å². The summed E-state index contributed by atoms with van der Waals surface area (Å²) in [6.45, 7) is 1.65. The molecule has 2 aromatic rings. The first-order valence-electron chi connectivity index (χ1n) is 8.31. The summed E-state index contributed by atoms with van der Waals surface area (Å²) in [4.78, 5) is 12.5. The number of aliphatic hydroxyl groups is 1. The second kappa shape index (κ2) is 7.96. The second-order valence-corrected chi connectivity index (χ2v) is 7.29. The van der Waals surface area contributed by atoms with Gasteiger partial charge in [-0.2, -0.15) is 0 Å². The van der Waals surface area contributed by atoms with E-state index in [-0.39, 0.29) is 17.8 Å². The predicted molar refractivity (Wildman–Crippen MR) is 97.7 cm³/mol. The second-order valence-electron chi connectivity index (χ2n) is 5.98. The fourth-order valence-electron chi connectivity index (χ4n) is 2.56. The number of nitrogens with zero attached hydrogens (tertiary/aromatic N) is 3. The topological polar surface area (TPSA) is 98.5 Å². The molecule has 0 bridgehead atoms. The fourth-order valence-corrected chi connectivity index (χ4v) is 3.50. The van der Waals surface area contributed by atoms with E-state index in [4.69, 9.17) is 9.47 Å². The number of hydrogen-bond donors (Lipinski definition) is 2. The lowest BCUT2D eigenvalue weighted by Gasteiger charge is -2.14. The molecule has 8 nitrogen and oxygen atoms in total. The number of aromatic nitrogens is 3. The van der Waals surface area contributed by atoms with E-state index in [1.165, 1.54) is 11.8 Å². The minimum atomic E-state index is -0.378. The Morgan fingerprint density at radius 1 is 1.35 bits per heavy atom. The molecule has 1 aromatic heterocycles. The van der Waals surface area contributed by atoms with Crippen LogP contribution in [0.5, 0.6) is 11.5 Å². The van der Waals surface area contributed by atoms with Gasteiger partial charge in [-0.1, -0.05) is 11.8 Å². The van der Waals surface area contributed by atoms with Crippen molar-refractivity contribution in [3.8, 4) is 11.5 Å². The van der Waals surface area contributed by atoms with Crippen molar-refractivity contribution in [2.45, 2.75) is 42.8 Å². The van der Waals surface area contributed by atoms with Gasteiger partial charge in [0.25, 0.3) is 0 Å². The number of methoxy groups -OCH3 is 2. The molecule has 1 fully saturated rings. The van der Waals surface area contributed by atoms with E-state index in [2.05, 4.69) is 15.5 Å². The Morgan fingerprint density at radius 3 is 2.69 bits per heavy atom. The molecule has 1 heterocycles. The molecule has 1 aliphatic rings. The largest absolute Gasteiger partial charge is 0.493 e. The lowest BCUT2D eigenvalue weighted by atomic mass is 10.2. The van der Waals surface area contributed by atoms with E-state index in [1.807, 2.05) is 11.5 Å². The highest BCUT2D eigenvalue weighted by Crippen LogP contribution is 2.39. The number of hydrogen-bond acceptors (Lipinski definition) is 7. The van der Waals surface area contributed by atoms with E-state index in [0.29, 0.717) is 34.2 Å². The van der Waals surface area contributed by atoms with Crippen molar-refractivity contribution in [2.24, 2.45) is 0 Å². The molecule has 0 spiro atoms. The highest BCUT2D eigenvalue weighted by Gasteiger charge is 2.30. The molecule has 1 aliphatic carbocycles. The normalized spacial score (nSPS) is 14.8. The van der Waals surface area contributed by atoms with Gasteiger partial charge < -0.3 is 24.5 Å². The molecule has 1 amide bonds. The SMILES string of the molecule is COc1ccc(NC(=O)C(C)Sc2nnc(CO)n2C2CC2)cc1OC. The van der Waals surface area contributed by atoms with Crippen LogP contribution in [0.25, 0.3) is 0 Å². The predicted octanol–water partition coefficient (Wildman–Crippen LogP) is 2.24. The third-order valence-corrected chi connectivity index (χ3v) is 5.15. The number of thioether (sulfide) groups is 1. The monoisotopic (exact) mass is 378 g/mol. The van der Waals surface area contributed by atoms with Gasteiger partial charge in [0.2, 0.25) is 5.91 Å². The smallest absolute Gasteiger partial charge is 0.237 e. The highest BCUT2D eigenvalue weighted by molar-refractivity contribution is 8.00. The number of amides is 1. The van der Waals surface area contributed by atoms with Crippen molar-refractivity contribution in [2.75, 3.05) is 19.5 Å². The van der Waals surface area contributed by atoms with Crippen LogP contribution in [0.2, 0.25) is 0 Å². The first-order valence-corrected chi connectivity index (χ1v) is 9.19. The molecule has 0 aliphatic heterocycles. The van der Waals surface area contributed by atoms with E-state index in [1.54, 1.807) is 32.4 Å². The molecular formula is C17H22N4O4S. The fraction of sp³-hybridized carbons (Fsp3) is 0.471. The minimum Gasteiger partial charge on any atom is -0.493 e. The summed E-state index contributed by atoms with van der Waals surface area (Å²) >= 11 is 1.33. The lowest BCUT2D eigenvalue weighted by Crippen LogP contribution is -2.23. The number of carbonyl (C=O) groups is 1. The van der Waals surface area contributed by atoms with Crippen molar-refractivity contribution >= 4 is 23.4 Å². The molecule has 0 radical (unpaired) electrons. The highest BCUT2D eigenvalue weighted by atomic mass is 32.2. The molecule has 1 saturated carbocycles. The Bertz CT molecular complexity index is 791. The average molecular weight is 378 g/mol. The zero-order valence-corrected chi connectivity index (χ0v) is 15.7. The molecule has 3 rings (SSSR count). The van der Waals surface area contributed by atoms with E-state index in [9.17, 15) is 9.90 Å². The van der Waals surface area contributed by atoms with Crippen LogP contribution in [0.15, 0.2) is 23.4 Å². The van der Waals surface area contributed by atoms with Crippen LogP contribution in [0.3, 0.4) is 0 Å². The number of nitrogens with one attached hydrogen (secondary N) is 1. The van der Waals surface area contributed by atoms with Gasteiger partial charge in [0.05, 0.1) is 19.5 Å². The summed E-state index contributed by atoms with van der Waals surface area (Å²) in [5, 5.41) is 20.7. The van der Waals surface area contributed by atoms with Crippen molar-refractivity contribution in [1.82, 2.24) is 14.8 Å². The Morgan fingerprint density at radius 2 is 2.08 bits per heavy atom. The third kappa shape index (κ3) is 3.94. The molecule has 1 aromatic carbocycles. The molecule has 1 unspecified atom stereocenters. The summed E-state index contributed by atoms with van der Waals surface area (Å²) < 4.78 is 12.4. The van der Waals surface area contributed by atoms with Crippen LogP contribution in [0, 0.1) is 0 Å². The van der Waals surface area contributed by atoms with Gasteiger partial charge >= 0.3 is 0 Å². The molecule has 9 heteroatoms. The van der Waals surface area contributed by atoms with E-state index < -0.39 is 0 Å². The van der Waals surface area contributed by atoms with Crippen molar-refractivity contribution in [3.63, 3.8) is 0 Å². The minimum absolute atomic E-state index is 0.155. The number of carbonyl (C=O) groups excluding carboxylic acids is 1. The molecule has 140 valence electrons. The molecule has 0 saturated heterocycles. The Hall–Kier alpha value is -2.26. The van der Waals surface area contributed by atoms with Crippen LogP contribution in [0.1, 0.15) is 31.6 Å². The zero-order chi connectivity index (χ0) is 18.7. The van der Waals surface area contributed by atoms with Gasteiger partial charge in [-0.25, -0.2) is 0 Å². The quantitative estimate of drug-likeness (QED) is 0.680. The first-order chi connectivity index (χ1) is 12.6. The zero-order valence-electron chi connectivity index (χ0n) is 14.9. The summed E-state index contributed by atoms with van der Waals surface area (Å²) in [6.07, 6.45) is 2.09. The van der Waals surface area contributed by atoms with Crippen molar-refractivity contribution in [1.29, 1.82) is 0 Å². The van der Waals surface area contributed by atoms with Crippen LogP contribution in [0.4, 0.5) is 5.69 Å². The van der Waals surface area contributed by atoms with E-state index in [0.717, 1.165) is 12.8 Å². The summed E-state index contributed by atoms with van der Waals surface area (Å²) in [5.74, 6) is 1.54. The lowest BCUT2D eigenvalue weighted by molar-refractivity contribution is -0.115. The van der Waals surface area contributed by atoms with E-state index >= 15 is 0 Å². The first kappa shape index (κ1) is 18.5. The molecule has 26 heavy (non-hydrogen) atoms. The Kier molecular flexibility index (Phi) is 5.67. The molecule has 1 atom stereocenters. The van der Waals surface area contributed by atoms with Gasteiger partial charge in [-0.15, -0.1) is 10.2 Å². The number of rotatable bonds is 8. The standard InChI is InChI=1S/C17H22N4O4S/c1-10(26-17-20-19-15(9-22)21(17)12-5-6-12)16(23)18-11-4-7-13(24-2)14(8-11)25-3/h4,7-8,10,12,22H,5-6,9H2,1-3H3,(H,18,23). The molecular weight excluding hydrogens is 356 g/mol. The Balaban J connectivity index is 1.68. The average Bonchev–Trinajstić information content (AvgIpc) is 3.41. The van der Waals surface area contributed by atoms with Gasteiger partial charge in [0.1, 0.15) is 6.61 Å². The van der Waals surface area contributed by atoms with Gasteiger partial charge in [-0.05, 0) is 31.9 Å². The third-order valence-electron chi connectivity index (χ3n) is 4.09. The summed E-state index contributed by atoms with van der Waals surface area (Å²) in [5.41, 5.74) is 0.625. The van der Waals surface area contributed by atoms with Crippen LogP contribution in [-0.4, -0.2) is 45.2 Å². The number of benzene rings is 1. The maximum Gasteiger partial charge on any atom is 0.237 e. The van der Waals surface area contributed by atoms with Gasteiger partial charge in [-0.3, -0.25) is 4.79 Å². The van der Waals surface area contributed by atoms with Crippen molar-refractivity contribution in [3.05, 3.63) is 24.0 Å². The van der Waals surface area contributed by atoms with Crippen LogP contribution < -0.4 is 14.8 Å². The van der Waals surface area contributed by atoms with Crippen LogP contribution >= 0.6 is 11.8 Å². The maximum atomic E-state index is 12.5.